The van der Waals surface area contributed by atoms with E-state index in [4.69, 9.17) is 4.42 Å². The van der Waals surface area contributed by atoms with Crippen molar-refractivity contribution in [2.75, 3.05) is 6.54 Å². The molecule has 8 heteroatoms. The topological polar surface area (TPSA) is 84.2 Å². The maximum absolute atomic E-state index is 12.3. The molecule has 2 rings (SSSR count). The number of aryl methyl sites for hydroxylation is 1. The highest BCUT2D eigenvalue weighted by atomic mass is 32.2. The Morgan fingerprint density at radius 2 is 2.19 bits per heavy atom. The Hall–Kier alpha value is -1.22. The van der Waals surface area contributed by atoms with Gasteiger partial charge in [-0.3, -0.25) is 0 Å². The van der Waals surface area contributed by atoms with Gasteiger partial charge in [-0.05, 0) is 19.9 Å². The van der Waals surface area contributed by atoms with Crippen LogP contribution in [0.4, 0.5) is 0 Å². The van der Waals surface area contributed by atoms with Crippen molar-refractivity contribution >= 4 is 21.4 Å². The van der Waals surface area contributed by atoms with Crippen molar-refractivity contribution in [3.8, 4) is 0 Å². The number of furan rings is 1. The number of hydrogen-bond acceptors (Lipinski definition) is 6. The molecule has 0 amide bonds. The normalized spacial score (nSPS) is 11.9. The van der Waals surface area contributed by atoms with Crippen molar-refractivity contribution in [2.24, 2.45) is 0 Å². The van der Waals surface area contributed by atoms with Crippen LogP contribution in [0.2, 0.25) is 0 Å². The lowest BCUT2D eigenvalue weighted by molar-refractivity contribution is 0.457. The number of sulfonamides is 1. The summed E-state index contributed by atoms with van der Waals surface area (Å²) in [5.41, 5.74) is 2.37. The molecular weight excluding hydrogens is 310 g/mol. The van der Waals surface area contributed by atoms with Gasteiger partial charge in [0.15, 0.2) is 0 Å². The average molecular weight is 329 g/mol. The first kappa shape index (κ1) is 16.2. The molecule has 2 aromatic rings. The molecule has 0 fully saturated rings. The largest absolute Gasteiger partial charge is 0.464 e. The average Bonchev–Trinajstić information content (AvgIpc) is 3.07. The van der Waals surface area contributed by atoms with Gasteiger partial charge in [-0.2, -0.15) is 0 Å². The maximum Gasteiger partial charge on any atom is 0.244 e. The molecule has 116 valence electrons. The number of nitrogens with one attached hydrogen (secondary N) is 2. The van der Waals surface area contributed by atoms with Crippen molar-refractivity contribution in [1.82, 2.24) is 15.0 Å². The summed E-state index contributed by atoms with van der Waals surface area (Å²) in [5.74, 6) is 1.02. The number of aromatic nitrogens is 1. The van der Waals surface area contributed by atoms with Crippen molar-refractivity contribution in [3.63, 3.8) is 0 Å². The fourth-order valence-corrected chi connectivity index (χ4v) is 3.60. The minimum Gasteiger partial charge on any atom is -0.464 e. The van der Waals surface area contributed by atoms with Crippen LogP contribution in [-0.2, 0) is 23.1 Å². The molecule has 2 heterocycles. The number of rotatable bonds is 8. The molecule has 0 aliphatic heterocycles. The first-order chi connectivity index (χ1) is 10.0. The monoisotopic (exact) mass is 329 g/mol. The molecule has 0 saturated heterocycles. The molecule has 0 atom stereocenters. The second-order valence-corrected chi connectivity index (χ2v) is 7.07. The lowest BCUT2D eigenvalue weighted by atomic mass is 10.4. The lowest BCUT2D eigenvalue weighted by Gasteiger charge is -2.03. The molecule has 0 aliphatic rings. The van der Waals surface area contributed by atoms with Crippen molar-refractivity contribution in [2.45, 2.75) is 38.3 Å². The van der Waals surface area contributed by atoms with E-state index < -0.39 is 10.0 Å². The molecule has 0 aliphatic carbocycles. The van der Waals surface area contributed by atoms with E-state index in [9.17, 15) is 8.42 Å². The molecule has 2 aromatic heterocycles. The second kappa shape index (κ2) is 7.17. The molecule has 0 radical (unpaired) electrons. The third-order valence-electron chi connectivity index (χ3n) is 2.87. The van der Waals surface area contributed by atoms with Gasteiger partial charge in [0.25, 0.3) is 0 Å². The zero-order chi connectivity index (χ0) is 15.3. The van der Waals surface area contributed by atoms with E-state index in [-0.39, 0.29) is 11.4 Å². The van der Waals surface area contributed by atoms with Crippen LogP contribution >= 0.6 is 11.3 Å². The van der Waals surface area contributed by atoms with Gasteiger partial charge in [0.1, 0.15) is 16.4 Å². The summed E-state index contributed by atoms with van der Waals surface area (Å²) in [5, 5.41) is 4.99. The van der Waals surface area contributed by atoms with Crippen molar-refractivity contribution in [3.05, 3.63) is 34.2 Å². The van der Waals surface area contributed by atoms with Gasteiger partial charge >= 0.3 is 0 Å². The summed E-state index contributed by atoms with van der Waals surface area (Å²) < 4.78 is 32.6. The molecule has 2 N–H and O–H groups in total. The van der Waals surface area contributed by atoms with Gasteiger partial charge in [0, 0.05) is 11.4 Å². The SMILES string of the molecule is CCCNCc1cc(S(=O)(=O)NCc2cscn2)c(C)o1. The molecule has 0 spiro atoms. The predicted octanol–water partition coefficient (Wildman–Crippen LogP) is 2.02. The quantitative estimate of drug-likeness (QED) is 0.724. The smallest absolute Gasteiger partial charge is 0.244 e. The Labute approximate surface area is 128 Å². The third-order valence-corrected chi connectivity index (χ3v) is 5.01. The minimum atomic E-state index is -3.58. The van der Waals surface area contributed by atoms with E-state index in [2.05, 4.69) is 21.9 Å². The summed E-state index contributed by atoms with van der Waals surface area (Å²) in [6, 6.07) is 1.57. The standard InChI is InChI=1S/C13H19N3O3S2/c1-3-4-14-7-12-5-13(10(2)19-12)21(17,18)16-6-11-8-20-9-15-11/h5,8-9,14,16H,3-4,6-7H2,1-2H3. The fourth-order valence-electron chi connectivity index (χ4n) is 1.84. The van der Waals surface area contributed by atoms with Gasteiger partial charge in [-0.1, -0.05) is 6.92 Å². The van der Waals surface area contributed by atoms with Crippen molar-refractivity contribution in [1.29, 1.82) is 0 Å². The van der Waals surface area contributed by atoms with Gasteiger partial charge in [-0.25, -0.2) is 18.1 Å². The van der Waals surface area contributed by atoms with Gasteiger partial charge in [0.05, 0.1) is 24.3 Å². The predicted molar refractivity (Wildman–Crippen MR) is 81.6 cm³/mol. The first-order valence-corrected chi connectivity index (χ1v) is 9.12. The van der Waals surface area contributed by atoms with E-state index in [1.165, 1.54) is 11.3 Å². The minimum absolute atomic E-state index is 0.180. The van der Waals surface area contributed by atoms with Crippen LogP contribution in [0, 0.1) is 6.92 Å². The first-order valence-electron chi connectivity index (χ1n) is 6.69. The summed E-state index contributed by atoms with van der Waals surface area (Å²) >= 11 is 1.43. The van der Waals surface area contributed by atoms with Gasteiger partial charge in [0.2, 0.25) is 10.0 Å². The number of thiazole rings is 1. The molecule has 0 bridgehead atoms. The lowest BCUT2D eigenvalue weighted by Crippen LogP contribution is -2.23. The third kappa shape index (κ3) is 4.37. The Morgan fingerprint density at radius 1 is 1.38 bits per heavy atom. The van der Waals surface area contributed by atoms with E-state index >= 15 is 0 Å². The van der Waals surface area contributed by atoms with E-state index in [1.54, 1.807) is 18.5 Å². The number of hydrogen-bond donors (Lipinski definition) is 2. The Kier molecular flexibility index (Phi) is 5.51. The molecule has 0 unspecified atom stereocenters. The Balaban J connectivity index is 2.05. The van der Waals surface area contributed by atoms with E-state index in [1.807, 2.05) is 5.38 Å². The zero-order valence-electron chi connectivity index (χ0n) is 12.0. The highest BCUT2D eigenvalue weighted by molar-refractivity contribution is 7.89. The summed E-state index contributed by atoms with van der Waals surface area (Å²) in [6.07, 6.45) is 1.01. The molecule has 6 nitrogen and oxygen atoms in total. The van der Waals surface area contributed by atoms with Crippen LogP contribution in [-0.4, -0.2) is 19.9 Å². The van der Waals surface area contributed by atoms with Gasteiger partial charge in [-0.15, -0.1) is 11.3 Å². The molecule has 21 heavy (non-hydrogen) atoms. The van der Waals surface area contributed by atoms with Crippen LogP contribution in [0.3, 0.4) is 0 Å². The fraction of sp³-hybridized carbons (Fsp3) is 0.462. The van der Waals surface area contributed by atoms with E-state index in [0.717, 1.165) is 13.0 Å². The zero-order valence-corrected chi connectivity index (χ0v) is 13.7. The van der Waals surface area contributed by atoms with Crippen LogP contribution < -0.4 is 10.0 Å². The Morgan fingerprint density at radius 3 is 2.86 bits per heavy atom. The maximum atomic E-state index is 12.3. The molecule has 0 saturated carbocycles. The van der Waals surface area contributed by atoms with Crippen LogP contribution in [0.25, 0.3) is 0 Å². The van der Waals surface area contributed by atoms with Gasteiger partial charge < -0.3 is 9.73 Å². The van der Waals surface area contributed by atoms with Crippen molar-refractivity contribution < 1.29 is 12.8 Å². The molecular formula is C13H19N3O3S2. The Bertz CT molecular complexity index is 663. The van der Waals surface area contributed by atoms with Crippen LogP contribution in [0.15, 0.2) is 26.3 Å². The second-order valence-electron chi connectivity index (χ2n) is 4.61. The highest BCUT2D eigenvalue weighted by Crippen LogP contribution is 2.20. The van der Waals surface area contributed by atoms with E-state index in [0.29, 0.717) is 23.8 Å². The summed E-state index contributed by atoms with van der Waals surface area (Å²) in [4.78, 5) is 4.23. The molecule has 0 aromatic carbocycles. The highest BCUT2D eigenvalue weighted by Gasteiger charge is 2.21. The summed E-state index contributed by atoms with van der Waals surface area (Å²) in [6.45, 7) is 5.29. The van der Waals surface area contributed by atoms with Crippen LogP contribution in [0.1, 0.15) is 30.6 Å². The summed E-state index contributed by atoms with van der Waals surface area (Å²) in [7, 11) is -3.58. The number of nitrogens with zero attached hydrogens (tertiary/aromatic N) is 1. The van der Waals surface area contributed by atoms with Crippen LogP contribution in [0.5, 0.6) is 0 Å².